The minimum atomic E-state index is -0.572. The van der Waals surface area contributed by atoms with Crippen molar-refractivity contribution in [2.45, 2.75) is 6.54 Å². The molecular weight excluding hydrogens is 323 g/mol. The van der Waals surface area contributed by atoms with Crippen molar-refractivity contribution in [1.29, 1.82) is 5.26 Å². The van der Waals surface area contributed by atoms with E-state index in [1.54, 1.807) is 30.3 Å². The van der Waals surface area contributed by atoms with Crippen LogP contribution in [0.25, 0.3) is 0 Å². The lowest BCUT2D eigenvalue weighted by molar-refractivity contribution is 0.0946. The Labute approximate surface area is 124 Å². The van der Waals surface area contributed by atoms with Gasteiger partial charge in [0.05, 0.1) is 17.2 Å². The van der Waals surface area contributed by atoms with Crippen LogP contribution in [-0.2, 0) is 6.54 Å². The van der Waals surface area contributed by atoms with Crippen molar-refractivity contribution in [2.75, 3.05) is 0 Å². The third kappa shape index (κ3) is 3.22. The number of nitriles is 1. The van der Waals surface area contributed by atoms with Crippen LogP contribution in [-0.4, -0.2) is 5.91 Å². The summed E-state index contributed by atoms with van der Waals surface area (Å²) in [6, 6.07) is 13.2. The molecule has 0 radical (unpaired) electrons. The highest BCUT2D eigenvalue weighted by Crippen LogP contribution is 2.19. The first-order valence-electron chi connectivity index (χ1n) is 5.83. The molecule has 2 rings (SSSR count). The van der Waals surface area contributed by atoms with Crippen LogP contribution >= 0.6 is 15.9 Å². The topological polar surface area (TPSA) is 52.9 Å². The molecule has 2 aromatic carbocycles. The summed E-state index contributed by atoms with van der Waals surface area (Å²) in [5, 5.41) is 11.3. The smallest absolute Gasteiger partial charge is 0.255 e. The number of carbonyl (C=O) groups excluding carboxylic acids is 1. The summed E-state index contributed by atoms with van der Waals surface area (Å²) in [6.07, 6.45) is 0. The molecule has 0 atom stereocenters. The Morgan fingerprint density at radius 2 is 1.95 bits per heavy atom. The third-order valence-electron chi connectivity index (χ3n) is 2.73. The molecule has 0 heterocycles. The Bertz CT molecular complexity index is 657. The van der Waals surface area contributed by atoms with E-state index in [2.05, 4.69) is 21.2 Å². The van der Waals surface area contributed by atoms with Crippen LogP contribution in [0.15, 0.2) is 46.9 Å². The maximum Gasteiger partial charge on any atom is 0.255 e. The summed E-state index contributed by atoms with van der Waals surface area (Å²) in [5.41, 5.74) is 1.38. The van der Waals surface area contributed by atoms with E-state index in [4.69, 9.17) is 5.26 Å². The highest BCUT2D eigenvalue weighted by atomic mass is 79.9. The molecule has 0 aromatic heterocycles. The third-order valence-corrected chi connectivity index (χ3v) is 3.39. The van der Waals surface area contributed by atoms with Crippen LogP contribution in [0, 0.1) is 17.1 Å². The van der Waals surface area contributed by atoms with Gasteiger partial charge in [-0.25, -0.2) is 4.39 Å². The molecule has 20 heavy (non-hydrogen) atoms. The summed E-state index contributed by atoms with van der Waals surface area (Å²) in [5.74, 6) is -1.06. The maximum absolute atomic E-state index is 13.6. The van der Waals surface area contributed by atoms with Crippen LogP contribution in [0.2, 0.25) is 0 Å². The number of carbonyl (C=O) groups is 1. The van der Waals surface area contributed by atoms with Crippen LogP contribution in [0.1, 0.15) is 21.5 Å². The number of amides is 1. The minimum absolute atomic E-state index is 0.0128. The number of nitrogens with zero attached hydrogens (tertiary/aromatic N) is 1. The second-order valence-electron chi connectivity index (χ2n) is 4.09. The number of nitrogens with one attached hydrogen (secondary N) is 1. The molecule has 0 bridgehead atoms. The number of halogens is 2. The standard InChI is InChI=1S/C15H10BrFN2O/c16-12-2-1-3-13(17)14(12)15(20)19-9-11-6-4-10(8-18)5-7-11/h1-7H,9H2,(H,19,20). The monoisotopic (exact) mass is 332 g/mol. The summed E-state index contributed by atoms with van der Waals surface area (Å²) in [6.45, 7) is 0.269. The van der Waals surface area contributed by atoms with Gasteiger partial charge in [-0.3, -0.25) is 4.79 Å². The molecule has 0 saturated carbocycles. The minimum Gasteiger partial charge on any atom is -0.348 e. The van der Waals surface area contributed by atoms with E-state index in [1.807, 2.05) is 6.07 Å². The molecular formula is C15H10BrFN2O. The van der Waals surface area contributed by atoms with Crippen molar-refractivity contribution in [3.63, 3.8) is 0 Å². The van der Waals surface area contributed by atoms with Crippen LogP contribution in [0.4, 0.5) is 4.39 Å². The van der Waals surface area contributed by atoms with E-state index in [-0.39, 0.29) is 12.1 Å². The van der Waals surface area contributed by atoms with E-state index >= 15 is 0 Å². The van der Waals surface area contributed by atoms with Gasteiger partial charge < -0.3 is 5.32 Å². The van der Waals surface area contributed by atoms with Crippen molar-refractivity contribution >= 4 is 21.8 Å². The zero-order valence-corrected chi connectivity index (χ0v) is 11.9. The quantitative estimate of drug-likeness (QED) is 0.936. The van der Waals surface area contributed by atoms with Crippen LogP contribution in [0.3, 0.4) is 0 Å². The first-order chi connectivity index (χ1) is 9.61. The summed E-state index contributed by atoms with van der Waals surface area (Å²) < 4.78 is 14.0. The Morgan fingerprint density at radius 3 is 2.55 bits per heavy atom. The predicted octanol–water partition coefficient (Wildman–Crippen LogP) is 3.39. The molecule has 0 unspecified atom stereocenters. The average molecular weight is 333 g/mol. The highest BCUT2D eigenvalue weighted by Gasteiger charge is 2.14. The number of benzene rings is 2. The van der Waals surface area contributed by atoms with Gasteiger partial charge in [0.25, 0.3) is 5.91 Å². The largest absolute Gasteiger partial charge is 0.348 e. The van der Waals surface area contributed by atoms with E-state index < -0.39 is 11.7 Å². The Morgan fingerprint density at radius 1 is 1.25 bits per heavy atom. The van der Waals surface area contributed by atoms with Crippen molar-refractivity contribution < 1.29 is 9.18 Å². The van der Waals surface area contributed by atoms with Crippen molar-refractivity contribution in [3.05, 3.63) is 69.4 Å². The molecule has 0 aliphatic heterocycles. The first kappa shape index (κ1) is 14.2. The second kappa shape index (κ2) is 6.31. The molecule has 5 heteroatoms. The molecule has 100 valence electrons. The van der Waals surface area contributed by atoms with Gasteiger partial charge in [0.15, 0.2) is 0 Å². The number of hydrogen-bond donors (Lipinski definition) is 1. The van der Waals surface area contributed by atoms with Crippen molar-refractivity contribution in [1.82, 2.24) is 5.32 Å². The second-order valence-corrected chi connectivity index (χ2v) is 4.94. The molecule has 2 aromatic rings. The van der Waals surface area contributed by atoms with Gasteiger partial charge in [-0.05, 0) is 45.8 Å². The normalized spacial score (nSPS) is 9.85. The first-order valence-corrected chi connectivity index (χ1v) is 6.62. The number of hydrogen-bond acceptors (Lipinski definition) is 2. The predicted molar refractivity (Wildman–Crippen MR) is 76.4 cm³/mol. The van der Waals surface area contributed by atoms with E-state index in [0.717, 1.165) is 5.56 Å². The fourth-order valence-electron chi connectivity index (χ4n) is 1.68. The Balaban J connectivity index is 2.07. The van der Waals surface area contributed by atoms with Gasteiger partial charge in [-0.1, -0.05) is 18.2 Å². The lowest BCUT2D eigenvalue weighted by Crippen LogP contribution is -2.24. The molecule has 0 aliphatic rings. The van der Waals surface area contributed by atoms with E-state index in [1.165, 1.54) is 12.1 Å². The molecule has 1 amide bonds. The lowest BCUT2D eigenvalue weighted by Gasteiger charge is -2.08. The molecule has 0 fully saturated rings. The Kier molecular flexibility index (Phi) is 4.49. The summed E-state index contributed by atoms with van der Waals surface area (Å²) in [4.78, 5) is 11.9. The van der Waals surface area contributed by atoms with Gasteiger partial charge in [-0.15, -0.1) is 0 Å². The molecule has 0 saturated heterocycles. The molecule has 3 nitrogen and oxygen atoms in total. The van der Waals surface area contributed by atoms with Crippen molar-refractivity contribution in [3.8, 4) is 6.07 Å². The van der Waals surface area contributed by atoms with E-state index in [9.17, 15) is 9.18 Å². The fourth-order valence-corrected chi connectivity index (χ4v) is 2.20. The number of rotatable bonds is 3. The van der Waals surface area contributed by atoms with Crippen molar-refractivity contribution in [2.24, 2.45) is 0 Å². The van der Waals surface area contributed by atoms with Crippen LogP contribution < -0.4 is 5.32 Å². The van der Waals surface area contributed by atoms with Gasteiger partial charge in [0, 0.05) is 11.0 Å². The molecule has 1 N–H and O–H groups in total. The van der Waals surface area contributed by atoms with E-state index in [0.29, 0.717) is 10.0 Å². The van der Waals surface area contributed by atoms with Crippen LogP contribution in [0.5, 0.6) is 0 Å². The maximum atomic E-state index is 13.6. The van der Waals surface area contributed by atoms with Gasteiger partial charge in [0.2, 0.25) is 0 Å². The Hall–Kier alpha value is -2.19. The lowest BCUT2D eigenvalue weighted by atomic mass is 10.1. The SMILES string of the molecule is N#Cc1ccc(CNC(=O)c2c(F)cccc2Br)cc1. The average Bonchev–Trinajstić information content (AvgIpc) is 2.45. The van der Waals surface area contributed by atoms with Gasteiger partial charge in [-0.2, -0.15) is 5.26 Å². The summed E-state index contributed by atoms with van der Waals surface area (Å²) >= 11 is 3.16. The zero-order chi connectivity index (χ0) is 14.5. The zero-order valence-electron chi connectivity index (χ0n) is 10.4. The molecule has 0 aliphatic carbocycles. The summed E-state index contributed by atoms with van der Waals surface area (Å²) in [7, 11) is 0. The highest BCUT2D eigenvalue weighted by molar-refractivity contribution is 9.10. The van der Waals surface area contributed by atoms with Gasteiger partial charge in [0.1, 0.15) is 5.82 Å². The molecule has 0 spiro atoms. The fraction of sp³-hybridized carbons (Fsp3) is 0.0667. The van der Waals surface area contributed by atoms with Gasteiger partial charge >= 0.3 is 0 Å².